The number of hydrogen-bond acceptors (Lipinski definition) is 8. The summed E-state index contributed by atoms with van der Waals surface area (Å²) < 4.78 is 7.28. The Morgan fingerprint density at radius 2 is 2.42 bits per heavy atom. The second kappa shape index (κ2) is 5.45. The molecule has 2 aromatic heterocycles. The van der Waals surface area contributed by atoms with Crippen molar-refractivity contribution in [2.45, 2.75) is 18.3 Å². The van der Waals surface area contributed by atoms with Crippen molar-refractivity contribution in [1.29, 1.82) is 0 Å². The molecule has 124 valence electrons. The molecule has 0 saturated carbocycles. The van der Waals surface area contributed by atoms with Gasteiger partial charge < -0.3 is 14.6 Å². The van der Waals surface area contributed by atoms with E-state index in [9.17, 15) is 0 Å². The lowest BCUT2D eigenvalue weighted by molar-refractivity contribution is 0.349. The molecule has 0 spiro atoms. The number of fused-ring (bicyclic) bond motifs is 4. The minimum atomic E-state index is 0.156. The van der Waals surface area contributed by atoms with Crippen LogP contribution >= 0.6 is 11.8 Å². The van der Waals surface area contributed by atoms with Crippen molar-refractivity contribution in [3.05, 3.63) is 34.6 Å². The molecule has 2 atom stereocenters. The van der Waals surface area contributed by atoms with Gasteiger partial charge in [-0.05, 0) is 41.6 Å². The molecule has 3 aliphatic rings. The summed E-state index contributed by atoms with van der Waals surface area (Å²) in [6, 6.07) is 3.85. The maximum absolute atomic E-state index is 5.42. The normalized spacial score (nSPS) is 26.0. The molecule has 0 fully saturated rings. The van der Waals surface area contributed by atoms with E-state index in [4.69, 9.17) is 4.42 Å². The lowest BCUT2D eigenvalue weighted by Gasteiger charge is -2.29. The van der Waals surface area contributed by atoms with Gasteiger partial charge in [-0.2, -0.15) is 9.67 Å². The Morgan fingerprint density at radius 1 is 1.46 bits per heavy atom. The number of nitrogens with zero attached hydrogens (tertiary/aromatic N) is 6. The molecular formula is C15H17N7OS. The number of aliphatic imine (C=N–C) groups is 1. The van der Waals surface area contributed by atoms with Gasteiger partial charge in [-0.15, -0.1) is 11.8 Å². The molecule has 2 unspecified atom stereocenters. The van der Waals surface area contributed by atoms with Crippen molar-refractivity contribution in [1.82, 2.24) is 30.4 Å². The molecule has 24 heavy (non-hydrogen) atoms. The summed E-state index contributed by atoms with van der Waals surface area (Å²) in [7, 11) is 2.17. The third-order valence-electron chi connectivity index (χ3n) is 4.71. The highest BCUT2D eigenvalue weighted by Crippen LogP contribution is 2.53. The van der Waals surface area contributed by atoms with E-state index < -0.39 is 0 Å². The first kappa shape index (κ1) is 14.2. The molecule has 1 N–H and O–H groups in total. The first-order chi connectivity index (χ1) is 11.8. The number of likely N-dealkylation sites (N-methyl/N-ethyl adjacent to an activating group) is 1. The van der Waals surface area contributed by atoms with Crippen molar-refractivity contribution in [2.75, 3.05) is 20.1 Å². The first-order valence-corrected chi connectivity index (χ1v) is 8.87. The topological polar surface area (TPSA) is 84.4 Å². The van der Waals surface area contributed by atoms with Gasteiger partial charge in [0.15, 0.2) is 0 Å². The number of thioether (sulfide) groups is 1. The number of hydrogen-bond donors (Lipinski definition) is 1. The average molecular weight is 343 g/mol. The van der Waals surface area contributed by atoms with Gasteiger partial charge in [0, 0.05) is 18.0 Å². The van der Waals surface area contributed by atoms with Crippen LogP contribution in [0.2, 0.25) is 0 Å². The summed E-state index contributed by atoms with van der Waals surface area (Å²) in [5.41, 5.74) is 1.48. The zero-order valence-electron chi connectivity index (χ0n) is 13.2. The van der Waals surface area contributed by atoms with Gasteiger partial charge in [0.05, 0.1) is 18.7 Å². The molecule has 5 rings (SSSR count). The van der Waals surface area contributed by atoms with Gasteiger partial charge in [-0.1, -0.05) is 5.10 Å². The van der Waals surface area contributed by atoms with E-state index in [1.54, 1.807) is 6.26 Å². The molecule has 5 heterocycles. The lowest BCUT2D eigenvalue weighted by Crippen LogP contribution is -2.38. The molecule has 0 radical (unpaired) electrons. The van der Waals surface area contributed by atoms with Crippen molar-refractivity contribution >= 4 is 23.5 Å². The van der Waals surface area contributed by atoms with Crippen LogP contribution in [0.5, 0.6) is 0 Å². The number of furan rings is 1. The predicted octanol–water partition coefficient (Wildman–Crippen LogP) is 1.55. The molecule has 2 aromatic rings. The van der Waals surface area contributed by atoms with E-state index in [1.165, 1.54) is 10.5 Å². The van der Waals surface area contributed by atoms with E-state index in [0.717, 1.165) is 31.1 Å². The number of amidine groups is 1. The van der Waals surface area contributed by atoms with Crippen LogP contribution in [-0.4, -0.2) is 51.1 Å². The molecule has 0 amide bonds. The standard InChI is InChI=1S/C15H17N7OS/c1-21-5-4-10-11(8-21)24-14-12(10)13(16-7-9-3-2-6-23-9)17-15-18-19-20-22(14)15/h2-3,6,12,14H,4-5,7-8H2,1H3,(H,16,17,18,20). The molecule has 0 saturated heterocycles. The van der Waals surface area contributed by atoms with Gasteiger partial charge in [-0.25, -0.2) is 0 Å². The second-order valence-electron chi connectivity index (χ2n) is 6.28. The van der Waals surface area contributed by atoms with Crippen LogP contribution in [0.1, 0.15) is 17.6 Å². The summed E-state index contributed by atoms with van der Waals surface area (Å²) >= 11 is 1.87. The third kappa shape index (κ3) is 2.19. The van der Waals surface area contributed by atoms with Crippen LogP contribution in [0.25, 0.3) is 0 Å². The Hall–Kier alpha value is -2.13. The average Bonchev–Trinajstić information content (AvgIpc) is 3.30. The number of rotatable bonds is 2. The third-order valence-corrected chi connectivity index (χ3v) is 6.10. The summed E-state index contributed by atoms with van der Waals surface area (Å²) in [6.07, 6.45) is 2.75. The van der Waals surface area contributed by atoms with E-state index in [2.05, 4.69) is 37.8 Å². The first-order valence-electron chi connectivity index (χ1n) is 7.99. The minimum absolute atomic E-state index is 0.156. The van der Waals surface area contributed by atoms with E-state index in [1.807, 2.05) is 28.6 Å². The molecule has 9 heteroatoms. The zero-order chi connectivity index (χ0) is 16.1. The molecular weight excluding hydrogens is 326 g/mol. The van der Waals surface area contributed by atoms with Crippen molar-refractivity contribution < 1.29 is 4.42 Å². The Balaban J connectivity index is 1.50. The number of tetrazole rings is 1. The number of aromatic nitrogens is 4. The molecule has 0 aliphatic carbocycles. The van der Waals surface area contributed by atoms with Crippen LogP contribution < -0.4 is 5.32 Å². The maximum Gasteiger partial charge on any atom is 0.271 e. The van der Waals surface area contributed by atoms with E-state index in [0.29, 0.717) is 12.5 Å². The Labute approximate surface area is 143 Å². The number of nitrogens with one attached hydrogen (secondary N) is 1. The largest absolute Gasteiger partial charge is 0.467 e. The van der Waals surface area contributed by atoms with Gasteiger partial charge in [0.25, 0.3) is 5.95 Å². The lowest BCUT2D eigenvalue weighted by atomic mass is 9.91. The van der Waals surface area contributed by atoms with Crippen LogP contribution in [0.15, 0.2) is 38.3 Å². The van der Waals surface area contributed by atoms with Crippen LogP contribution in [0.3, 0.4) is 0 Å². The molecule has 3 aliphatic heterocycles. The highest BCUT2D eigenvalue weighted by Gasteiger charge is 2.45. The maximum atomic E-state index is 5.42. The van der Waals surface area contributed by atoms with Gasteiger partial charge in [0.2, 0.25) is 0 Å². The Bertz CT molecular complexity index is 825. The summed E-state index contributed by atoms with van der Waals surface area (Å²) in [4.78, 5) is 8.48. The van der Waals surface area contributed by atoms with Crippen LogP contribution in [-0.2, 0) is 6.54 Å². The Kier molecular flexibility index (Phi) is 3.23. The second-order valence-corrected chi connectivity index (χ2v) is 7.49. The molecule has 8 nitrogen and oxygen atoms in total. The predicted molar refractivity (Wildman–Crippen MR) is 89.7 cm³/mol. The van der Waals surface area contributed by atoms with Crippen LogP contribution in [0, 0.1) is 5.92 Å². The van der Waals surface area contributed by atoms with Gasteiger partial charge >= 0.3 is 0 Å². The van der Waals surface area contributed by atoms with E-state index in [-0.39, 0.29) is 11.3 Å². The van der Waals surface area contributed by atoms with Crippen LogP contribution in [0.4, 0.5) is 5.95 Å². The Morgan fingerprint density at radius 3 is 3.29 bits per heavy atom. The van der Waals surface area contributed by atoms with Gasteiger partial charge in [0.1, 0.15) is 17.0 Å². The zero-order valence-corrected chi connectivity index (χ0v) is 14.0. The summed E-state index contributed by atoms with van der Waals surface area (Å²) in [5, 5.41) is 15.6. The minimum Gasteiger partial charge on any atom is -0.467 e. The quantitative estimate of drug-likeness (QED) is 0.885. The van der Waals surface area contributed by atoms with Crippen molar-refractivity contribution in [2.24, 2.45) is 10.9 Å². The molecule has 0 aromatic carbocycles. The highest BCUT2D eigenvalue weighted by molar-refractivity contribution is 8.03. The SMILES string of the molecule is CN1CCC2=C(C1)SC1C2C(NCc2ccco2)=Nc2nnnn21. The highest BCUT2D eigenvalue weighted by atomic mass is 32.2. The monoisotopic (exact) mass is 343 g/mol. The molecule has 0 bridgehead atoms. The fourth-order valence-electron chi connectivity index (χ4n) is 3.54. The summed E-state index contributed by atoms with van der Waals surface area (Å²) in [5.74, 6) is 2.62. The fourth-order valence-corrected chi connectivity index (χ4v) is 5.17. The summed E-state index contributed by atoms with van der Waals surface area (Å²) in [6.45, 7) is 2.69. The fraction of sp³-hybridized carbons (Fsp3) is 0.467. The smallest absolute Gasteiger partial charge is 0.271 e. The van der Waals surface area contributed by atoms with E-state index >= 15 is 0 Å². The van der Waals surface area contributed by atoms with Crippen molar-refractivity contribution in [3.63, 3.8) is 0 Å². The van der Waals surface area contributed by atoms with Crippen molar-refractivity contribution in [3.8, 4) is 0 Å². The van der Waals surface area contributed by atoms with Gasteiger partial charge in [-0.3, -0.25) is 0 Å².